The van der Waals surface area contributed by atoms with Gasteiger partial charge in [-0.05, 0) is 36.4 Å². The number of nitrogens with one attached hydrogen (secondary N) is 1. The van der Waals surface area contributed by atoms with Gasteiger partial charge in [-0.1, -0.05) is 42.5 Å². The predicted octanol–water partition coefficient (Wildman–Crippen LogP) is 4.62. The number of amides is 2. The van der Waals surface area contributed by atoms with Crippen LogP contribution in [0.25, 0.3) is 0 Å². The lowest BCUT2D eigenvalue weighted by Gasteiger charge is -2.29. The molecule has 6 nitrogen and oxygen atoms in total. The van der Waals surface area contributed by atoms with Crippen LogP contribution in [-0.4, -0.2) is 25.0 Å². The van der Waals surface area contributed by atoms with E-state index in [1.165, 1.54) is 0 Å². The molecule has 4 rings (SSSR count). The highest BCUT2D eigenvalue weighted by Crippen LogP contribution is 2.32. The third-order valence-electron chi connectivity index (χ3n) is 4.73. The molecule has 0 bridgehead atoms. The summed E-state index contributed by atoms with van der Waals surface area (Å²) in [5.74, 6) is 1.57. The number of fused-ring (bicyclic) bond motifs is 1. The van der Waals surface area contributed by atoms with Crippen LogP contribution in [0, 0.1) is 0 Å². The Bertz CT molecular complexity index is 1040. The van der Waals surface area contributed by atoms with Crippen molar-refractivity contribution in [1.29, 1.82) is 0 Å². The molecule has 0 aromatic heterocycles. The monoisotopic (exact) mass is 402 g/mol. The van der Waals surface area contributed by atoms with Crippen molar-refractivity contribution < 1.29 is 19.1 Å². The number of carbonyl (C=O) groups excluding carboxylic acids is 2. The zero-order valence-electron chi connectivity index (χ0n) is 16.4. The van der Waals surface area contributed by atoms with Gasteiger partial charge in [-0.3, -0.25) is 9.59 Å². The molecular weight excluding hydrogens is 380 g/mol. The summed E-state index contributed by atoms with van der Waals surface area (Å²) in [5.41, 5.74) is 1.31. The normalized spacial score (nSPS) is 12.5. The molecule has 0 unspecified atom stereocenters. The van der Waals surface area contributed by atoms with E-state index >= 15 is 0 Å². The van der Waals surface area contributed by atoms with Crippen molar-refractivity contribution in [3.63, 3.8) is 0 Å². The van der Waals surface area contributed by atoms with Gasteiger partial charge >= 0.3 is 0 Å². The second kappa shape index (κ2) is 9.13. The molecule has 3 aromatic carbocycles. The number of para-hydroxylation sites is 5. The van der Waals surface area contributed by atoms with Crippen LogP contribution in [0.15, 0.2) is 78.9 Å². The van der Waals surface area contributed by atoms with E-state index in [9.17, 15) is 9.59 Å². The summed E-state index contributed by atoms with van der Waals surface area (Å²) in [6.07, 6.45) is 0.194. The van der Waals surface area contributed by atoms with E-state index in [0.717, 1.165) is 5.69 Å². The predicted molar refractivity (Wildman–Crippen MR) is 115 cm³/mol. The van der Waals surface area contributed by atoms with Gasteiger partial charge in [0.05, 0.1) is 17.9 Å². The summed E-state index contributed by atoms with van der Waals surface area (Å²) >= 11 is 0. The number of rotatable bonds is 6. The van der Waals surface area contributed by atoms with Gasteiger partial charge in [-0.15, -0.1) is 0 Å². The molecule has 152 valence electrons. The average molecular weight is 402 g/mol. The molecule has 1 N–H and O–H groups in total. The lowest BCUT2D eigenvalue weighted by molar-refractivity contribution is -0.122. The first-order chi connectivity index (χ1) is 14.7. The fourth-order valence-electron chi connectivity index (χ4n) is 3.27. The summed E-state index contributed by atoms with van der Waals surface area (Å²) in [6.45, 7) is 0.921. The Labute approximate surface area is 175 Å². The van der Waals surface area contributed by atoms with Crippen LogP contribution in [0.1, 0.15) is 12.8 Å². The van der Waals surface area contributed by atoms with Crippen molar-refractivity contribution in [3.8, 4) is 17.2 Å². The van der Waals surface area contributed by atoms with Crippen LogP contribution in [0.2, 0.25) is 0 Å². The maximum atomic E-state index is 12.7. The van der Waals surface area contributed by atoms with Gasteiger partial charge in [-0.2, -0.15) is 0 Å². The molecule has 1 aliphatic heterocycles. The number of hydrogen-bond acceptors (Lipinski definition) is 4. The molecule has 1 heterocycles. The van der Waals surface area contributed by atoms with Gasteiger partial charge < -0.3 is 19.7 Å². The van der Waals surface area contributed by atoms with Gasteiger partial charge in [0.1, 0.15) is 18.1 Å². The topological polar surface area (TPSA) is 67.9 Å². The Kier molecular flexibility index (Phi) is 5.94. The summed E-state index contributed by atoms with van der Waals surface area (Å²) < 4.78 is 11.4. The molecule has 0 atom stereocenters. The Morgan fingerprint density at radius 3 is 2.50 bits per heavy atom. The molecule has 0 saturated heterocycles. The highest BCUT2D eigenvalue weighted by atomic mass is 16.5. The Hall–Kier alpha value is -3.80. The van der Waals surface area contributed by atoms with E-state index in [1.807, 2.05) is 66.7 Å². The van der Waals surface area contributed by atoms with Crippen LogP contribution in [0.4, 0.5) is 11.4 Å². The number of ether oxygens (including phenoxy) is 2. The summed E-state index contributed by atoms with van der Waals surface area (Å²) in [4.78, 5) is 26.9. The van der Waals surface area contributed by atoms with E-state index < -0.39 is 0 Å². The fraction of sp³-hybridized carbons (Fsp3) is 0.167. The first-order valence-electron chi connectivity index (χ1n) is 9.85. The smallest absolute Gasteiger partial charge is 0.227 e. The third kappa shape index (κ3) is 4.60. The quantitative estimate of drug-likeness (QED) is 0.653. The van der Waals surface area contributed by atoms with Crippen molar-refractivity contribution in [1.82, 2.24) is 0 Å². The van der Waals surface area contributed by atoms with E-state index in [-0.39, 0.29) is 24.7 Å². The number of hydrogen-bond donors (Lipinski definition) is 1. The Morgan fingerprint density at radius 1 is 0.900 bits per heavy atom. The summed E-state index contributed by atoms with van der Waals surface area (Å²) in [5, 5.41) is 2.85. The number of benzene rings is 3. The molecule has 30 heavy (non-hydrogen) atoms. The van der Waals surface area contributed by atoms with Crippen LogP contribution in [0.3, 0.4) is 0 Å². The van der Waals surface area contributed by atoms with E-state index in [0.29, 0.717) is 36.1 Å². The van der Waals surface area contributed by atoms with Crippen LogP contribution in [0.5, 0.6) is 17.2 Å². The molecule has 0 fully saturated rings. The molecule has 2 amide bonds. The minimum absolute atomic E-state index is 0.0814. The zero-order valence-corrected chi connectivity index (χ0v) is 16.4. The van der Waals surface area contributed by atoms with Crippen molar-refractivity contribution in [2.45, 2.75) is 12.8 Å². The lowest BCUT2D eigenvalue weighted by atomic mass is 10.2. The molecule has 6 heteroatoms. The summed E-state index contributed by atoms with van der Waals surface area (Å²) in [7, 11) is 0. The van der Waals surface area contributed by atoms with E-state index in [1.54, 1.807) is 17.0 Å². The van der Waals surface area contributed by atoms with Crippen LogP contribution >= 0.6 is 0 Å². The minimum atomic E-state index is -0.242. The highest BCUT2D eigenvalue weighted by Gasteiger charge is 2.23. The zero-order chi connectivity index (χ0) is 20.8. The van der Waals surface area contributed by atoms with Crippen molar-refractivity contribution in [3.05, 3.63) is 78.9 Å². The maximum absolute atomic E-state index is 12.7. The van der Waals surface area contributed by atoms with Crippen molar-refractivity contribution >= 4 is 23.2 Å². The first-order valence-corrected chi connectivity index (χ1v) is 9.85. The number of nitrogens with zero attached hydrogens (tertiary/aromatic N) is 1. The molecule has 3 aromatic rings. The van der Waals surface area contributed by atoms with Crippen molar-refractivity contribution in [2.75, 3.05) is 23.4 Å². The number of anilines is 2. The number of carbonyl (C=O) groups is 2. The SMILES string of the molecule is O=C(CCC(=O)N1CCOc2ccccc21)Nc1ccccc1Oc1ccccc1. The minimum Gasteiger partial charge on any atom is -0.490 e. The molecular formula is C24H22N2O4. The third-order valence-corrected chi connectivity index (χ3v) is 4.73. The molecule has 0 spiro atoms. The van der Waals surface area contributed by atoms with Crippen molar-refractivity contribution in [2.24, 2.45) is 0 Å². The molecule has 1 aliphatic rings. The lowest BCUT2D eigenvalue weighted by Crippen LogP contribution is -2.38. The van der Waals surface area contributed by atoms with E-state index in [2.05, 4.69) is 5.32 Å². The molecule has 0 saturated carbocycles. The van der Waals surface area contributed by atoms with Gasteiger partial charge in [-0.25, -0.2) is 0 Å². The largest absolute Gasteiger partial charge is 0.490 e. The fourth-order valence-corrected chi connectivity index (χ4v) is 3.27. The maximum Gasteiger partial charge on any atom is 0.227 e. The van der Waals surface area contributed by atoms with Gasteiger partial charge in [0.2, 0.25) is 11.8 Å². The second-order valence-corrected chi connectivity index (χ2v) is 6.82. The second-order valence-electron chi connectivity index (χ2n) is 6.82. The average Bonchev–Trinajstić information content (AvgIpc) is 2.79. The highest BCUT2D eigenvalue weighted by molar-refractivity contribution is 5.99. The van der Waals surface area contributed by atoms with Crippen LogP contribution < -0.4 is 19.7 Å². The molecule has 0 radical (unpaired) electrons. The van der Waals surface area contributed by atoms with Gasteiger partial charge in [0.25, 0.3) is 0 Å². The summed E-state index contributed by atoms with van der Waals surface area (Å²) in [6, 6.07) is 24.0. The Balaban J connectivity index is 1.36. The Morgan fingerprint density at radius 2 is 1.63 bits per heavy atom. The van der Waals surface area contributed by atoms with E-state index in [4.69, 9.17) is 9.47 Å². The van der Waals surface area contributed by atoms with Crippen LogP contribution in [-0.2, 0) is 9.59 Å². The van der Waals surface area contributed by atoms with Gasteiger partial charge in [0.15, 0.2) is 5.75 Å². The van der Waals surface area contributed by atoms with Gasteiger partial charge in [0, 0.05) is 12.8 Å². The standard InChI is InChI=1S/C24H22N2O4/c27-23(14-15-24(28)26-16-17-29-22-13-7-5-11-20(22)26)25-19-10-4-6-12-21(19)30-18-8-2-1-3-9-18/h1-13H,14-17H2,(H,25,27). The molecule has 0 aliphatic carbocycles. The first kappa shape index (κ1) is 19.5.